The Morgan fingerprint density at radius 3 is 2.70 bits per heavy atom. The maximum Gasteiger partial charge on any atom is 0.0935 e. The number of hydrogen-bond donors (Lipinski definition) is 1. The maximum absolute atomic E-state index is 5.19. The number of rotatable bonds is 7. The molecule has 0 aliphatic rings. The van der Waals surface area contributed by atoms with Gasteiger partial charge in [0.1, 0.15) is 0 Å². The van der Waals surface area contributed by atoms with Crippen molar-refractivity contribution in [3.05, 3.63) is 59.0 Å². The molecule has 0 radical (unpaired) electrons. The molecule has 0 spiro atoms. The lowest BCUT2D eigenvalue weighted by atomic mass is 9.96. The Morgan fingerprint density at radius 2 is 2.00 bits per heavy atom. The highest BCUT2D eigenvalue weighted by molar-refractivity contribution is 5.31. The molecule has 0 fully saturated rings. The van der Waals surface area contributed by atoms with E-state index < -0.39 is 0 Å². The topological polar surface area (TPSA) is 25.2 Å². The zero-order valence-electron chi connectivity index (χ0n) is 12.8. The van der Waals surface area contributed by atoms with Gasteiger partial charge in [0, 0.05) is 6.04 Å². The molecule has 1 aromatic carbocycles. The van der Waals surface area contributed by atoms with Crippen LogP contribution < -0.4 is 5.32 Å². The van der Waals surface area contributed by atoms with Crippen LogP contribution in [0.1, 0.15) is 35.6 Å². The van der Waals surface area contributed by atoms with E-state index in [9.17, 15) is 0 Å². The summed E-state index contributed by atoms with van der Waals surface area (Å²) in [5.41, 5.74) is 5.43. The Labute approximate surface area is 122 Å². The predicted octanol–water partition coefficient (Wildman–Crippen LogP) is 4.05. The van der Waals surface area contributed by atoms with Crippen LogP contribution in [0.15, 0.2) is 41.2 Å². The molecule has 1 aromatic heterocycles. The van der Waals surface area contributed by atoms with Crippen LogP contribution in [-0.2, 0) is 12.8 Å². The standard InChI is InChI=1S/C18H25NO/c1-4-8-19-18(11-16-7-9-20-13-16)12-17-10-14(2)5-6-15(17)3/h5-7,9-10,13,18-19H,4,8,11-12H2,1-3H3. The number of furan rings is 1. The highest BCUT2D eigenvalue weighted by Crippen LogP contribution is 2.15. The highest BCUT2D eigenvalue weighted by atomic mass is 16.3. The summed E-state index contributed by atoms with van der Waals surface area (Å²) in [6.07, 6.45) is 6.85. The average Bonchev–Trinajstić information content (AvgIpc) is 2.93. The van der Waals surface area contributed by atoms with Gasteiger partial charge < -0.3 is 9.73 Å². The normalized spacial score (nSPS) is 12.6. The number of aryl methyl sites for hydroxylation is 2. The van der Waals surface area contributed by atoms with Crippen molar-refractivity contribution in [2.75, 3.05) is 6.54 Å². The van der Waals surface area contributed by atoms with E-state index in [2.05, 4.69) is 50.4 Å². The van der Waals surface area contributed by atoms with Crippen molar-refractivity contribution >= 4 is 0 Å². The van der Waals surface area contributed by atoms with Gasteiger partial charge in [0.25, 0.3) is 0 Å². The lowest BCUT2D eigenvalue weighted by Gasteiger charge is -2.19. The molecule has 0 saturated carbocycles. The van der Waals surface area contributed by atoms with E-state index in [1.165, 1.54) is 22.3 Å². The average molecular weight is 271 g/mol. The summed E-state index contributed by atoms with van der Waals surface area (Å²) >= 11 is 0. The zero-order valence-corrected chi connectivity index (χ0v) is 12.8. The van der Waals surface area contributed by atoms with Crippen LogP contribution in [0.5, 0.6) is 0 Å². The van der Waals surface area contributed by atoms with Gasteiger partial charge in [-0.2, -0.15) is 0 Å². The fourth-order valence-electron chi connectivity index (χ4n) is 2.54. The first kappa shape index (κ1) is 14.9. The van der Waals surface area contributed by atoms with E-state index in [1.54, 1.807) is 6.26 Å². The molecule has 0 aliphatic carbocycles. The molecule has 1 unspecified atom stereocenters. The molecule has 1 heterocycles. The first-order valence-electron chi connectivity index (χ1n) is 7.49. The van der Waals surface area contributed by atoms with Crippen molar-refractivity contribution in [3.8, 4) is 0 Å². The fraction of sp³-hybridized carbons (Fsp3) is 0.444. The van der Waals surface area contributed by atoms with E-state index in [1.807, 2.05) is 6.26 Å². The lowest BCUT2D eigenvalue weighted by Crippen LogP contribution is -2.34. The van der Waals surface area contributed by atoms with E-state index in [-0.39, 0.29) is 0 Å². The highest BCUT2D eigenvalue weighted by Gasteiger charge is 2.12. The van der Waals surface area contributed by atoms with Crippen LogP contribution in [0.4, 0.5) is 0 Å². The maximum atomic E-state index is 5.19. The quantitative estimate of drug-likeness (QED) is 0.822. The Bertz CT molecular complexity index is 516. The SMILES string of the molecule is CCCNC(Cc1ccoc1)Cc1cc(C)ccc1C. The van der Waals surface area contributed by atoms with Crippen LogP contribution in [0.3, 0.4) is 0 Å². The molecule has 1 N–H and O–H groups in total. The first-order chi connectivity index (χ1) is 9.69. The molecule has 2 nitrogen and oxygen atoms in total. The summed E-state index contributed by atoms with van der Waals surface area (Å²) in [4.78, 5) is 0. The fourth-order valence-corrected chi connectivity index (χ4v) is 2.54. The molecule has 0 aliphatic heterocycles. The molecule has 108 valence electrons. The minimum Gasteiger partial charge on any atom is -0.472 e. The van der Waals surface area contributed by atoms with Crippen LogP contribution in [0, 0.1) is 13.8 Å². The molecule has 1 atom stereocenters. The van der Waals surface area contributed by atoms with Gasteiger partial charge in [-0.3, -0.25) is 0 Å². The van der Waals surface area contributed by atoms with E-state index in [0.717, 1.165) is 25.8 Å². The summed E-state index contributed by atoms with van der Waals surface area (Å²) in [7, 11) is 0. The van der Waals surface area contributed by atoms with Crippen LogP contribution in [0.2, 0.25) is 0 Å². The van der Waals surface area contributed by atoms with Gasteiger partial charge >= 0.3 is 0 Å². The molecule has 0 amide bonds. The lowest BCUT2D eigenvalue weighted by molar-refractivity contribution is 0.498. The Hall–Kier alpha value is -1.54. The third-order valence-electron chi connectivity index (χ3n) is 3.72. The molecular formula is C18H25NO. The monoisotopic (exact) mass is 271 g/mol. The third kappa shape index (κ3) is 4.24. The largest absolute Gasteiger partial charge is 0.472 e. The van der Waals surface area contributed by atoms with E-state index in [4.69, 9.17) is 4.42 Å². The summed E-state index contributed by atoms with van der Waals surface area (Å²) in [5.74, 6) is 0. The van der Waals surface area contributed by atoms with Crippen molar-refractivity contribution in [1.82, 2.24) is 5.32 Å². The van der Waals surface area contributed by atoms with Crippen molar-refractivity contribution in [2.45, 2.75) is 46.1 Å². The van der Waals surface area contributed by atoms with Crippen molar-refractivity contribution in [3.63, 3.8) is 0 Å². The third-order valence-corrected chi connectivity index (χ3v) is 3.72. The minimum absolute atomic E-state index is 0.466. The van der Waals surface area contributed by atoms with Gasteiger partial charge in [-0.05, 0) is 62.4 Å². The van der Waals surface area contributed by atoms with E-state index >= 15 is 0 Å². The Balaban J connectivity index is 2.08. The molecule has 2 aromatic rings. The van der Waals surface area contributed by atoms with Crippen LogP contribution in [0.25, 0.3) is 0 Å². The van der Waals surface area contributed by atoms with Gasteiger partial charge in [-0.15, -0.1) is 0 Å². The number of benzene rings is 1. The molecule has 2 rings (SSSR count). The summed E-state index contributed by atoms with van der Waals surface area (Å²) in [6.45, 7) is 7.63. The first-order valence-corrected chi connectivity index (χ1v) is 7.49. The Morgan fingerprint density at radius 1 is 1.15 bits per heavy atom. The zero-order chi connectivity index (χ0) is 14.4. The van der Waals surface area contributed by atoms with Crippen molar-refractivity contribution in [1.29, 1.82) is 0 Å². The summed E-state index contributed by atoms with van der Waals surface area (Å²) < 4.78 is 5.19. The van der Waals surface area contributed by atoms with Gasteiger partial charge in [0.05, 0.1) is 12.5 Å². The van der Waals surface area contributed by atoms with Gasteiger partial charge in [0.2, 0.25) is 0 Å². The number of nitrogens with one attached hydrogen (secondary N) is 1. The predicted molar refractivity (Wildman–Crippen MR) is 84.1 cm³/mol. The Kier molecular flexibility index (Phi) is 5.42. The smallest absolute Gasteiger partial charge is 0.0935 e. The van der Waals surface area contributed by atoms with Crippen molar-refractivity contribution in [2.24, 2.45) is 0 Å². The molecule has 0 bridgehead atoms. The van der Waals surface area contributed by atoms with Crippen LogP contribution >= 0.6 is 0 Å². The molecule has 20 heavy (non-hydrogen) atoms. The van der Waals surface area contributed by atoms with Gasteiger partial charge in [-0.25, -0.2) is 0 Å². The summed E-state index contributed by atoms with van der Waals surface area (Å²) in [5, 5.41) is 3.66. The van der Waals surface area contributed by atoms with Gasteiger partial charge in [0.15, 0.2) is 0 Å². The second-order valence-electron chi connectivity index (χ2n) is 5.62. The molecule has 0 saturated heterocycles. The second kappa shape index (κ2) is 7.30. The molecule has 2 heteroatoms. The summed E-state index contributed by atoms with van der Waals surface area (Å²) in [6, 6.07) is 9.24. The van der Waals surface area contributed by atoms with Crippen LogP contribution in [-0.4, -0.2) is 12.6 Å². The number of hydrogen-bond acceptors (Lipinski definition) is 2. The minimum atomic E-state index is 0.466. The molecular weight excluding hydrogens is 246 g/mol. The van der Waals surface area contributed by atoms with Crippen molar-refractivity contribution < 1.29 is 4.42 Å². The van der Waals surface area contributed by atoms with E-state index in [0.29, 0.717) is 6.04 Å². The van der Waals surface area contributed by atoms with Gasteiger partial charge in [-0.1, -0.05) is 30.7 Å². The second-order valence-corrected chi connectivity index (χ2v) is 5.62.